The van der Waals surface area contributed by atoms with Crippen LogP contribution in [0.3, 0.4) is 0 Å². The number of thiazole rings is 1. The summed E-state index contributed by atoms with van der Waals surface area (Å²) in [6, 6.07) is 24.0. The van der Waals surface area contributed by atoms with Gasteiger partial charge in [-0.25, -0.2) is 4.98 Å². The Labute approximate surface area is 171 Å². The molecule has 29 heavy (non-hydrogen) atoms. The van der Waals surface area contributed by atoms with Gasteiger partial charge in [0.15, 0.2) is 5.13 Å². The highest BCUT2D eigenvalue weighted by atomic mass is 32.1. The zero-order valence-corrected chi connectivity index (χ0v) is 16.5. The van der Waals surface area contributed by atoms with Crippen molar-refractivity contribution in [1.82, 2.24) is 9.97 Å². The number of hydrogen-bond donors (Lipinski definition) is 1. The number of benzene rings is 3. The van der Waals surface area contributed by atoms with Crippen LogP contribution in [-0.2, 0) is 0 Å². The molecule has 3 aromatic carbocycles. The van der Waals surface area contributed by atoms with Crippen LogP contribution in [0, 0.1) is 6.92 Å². The Kier molecular flexibility index (Phi) is 4.30. The van der Waals surface area contributed by atoms with Crippen LogP contribution < -0.4 is 5.32 Å². The lowest BCUT2D eigenvalue weighted by molar-refractivity contribution is 0.102. The third-order valence-electron chi connectivity index (χ3n) is 4.86. The SMILES string of the molecule is Cc1ccc2ccc(C(=O)Nc3nc(-c4ccc5ccccc5c4)cs3)cc2n1. The van der Waals surface area contributed by atoms with E-state index >= 15 is 0 Å². The summed E-state index contributed by atoms with van der Waals surface area (Å²) in [4.78, 5) is 21.8. The first-order valence-electron chi connectivity index (χ1n) is 9.29. The van der Waals surface area contributed by atoms with Gasteiger partial charge in [-0.2, -0.15) is 0 Å². The first-order chi connectivity index (χ1) is 14.2. The van der Waals surface area contributed by atoms with Crippen LogP contribution in [-0.4, -0.2) is 15.9 Å². The van der Waals surface area contributed by atoms with Gasteiger partial charge in [0.05, 0.1) is 11.2 Å². The Morgan fingerprint density at radius 3 is 2.55 bits per heavy atom. The van der Waals surface area contributed by atoms with E-state index in [2.05, 4.69) is 45.6 Å². The third kappa shape index (κ3) is 3.48. The molecule has 2 heterocycles. The summed E-state index contributed by atoms with van der Waals surface area (Å²) >= 11 is 1.42. The Morgan fingerprint density at radius 2 is 1.66 bits per heavy atom. The number of amides is 1. The zero-order valence-electron chi connectivity index (χ0n) is 15.7. The van der Waals surface area contributed by atoms with Crippen molar-refractivity contribution < 1.29 is 4.79 Å². The fourth-order valence-corrected chi connectivity index (χ4v) is 4.06. The van der Waals surface area contributed by atoms with E-state index in [1.807, 2.05) is 54.8 Å². The second-order valence-electron chi connectivity index (χ2n) is 6.91. The van der Waals surface area contributed by atoms with Crippen molar-refractivity contribution in [2.45, 2.75) is 6.92 Å². The lowest BCUT2D eigenvalue weighted by Gasteiger charge is -2.04. The normalized spacial score (nSPS) is 11.1. The summed E-state index contributed by atoms with van der Waals surface area (Å²) in [5, 5.41) is 8.83. The molecule has 5 rings (SSSR count). The Balaban J connectivity index is 1.39. The van der Waals surface area contributed by atoms with Crippen LogP contribution >= 0.6 is 11.3 Å². The van der Waals surface area contributed by atoms with Crippen molar-refractivity contribution in [3.63, 3.8) is 0 Å². The van der Waals surface area contributed by atoms with Crippen LogP contribution in [0.4, 0.5) is 5.13 Å². The van der Waals surface area contributed by atoms with Gasteiger partial charge in [0.25, 0.3) is 5.91 Å². The smallest absolute Gasteiger partial charge is 0.257 e. The van der Waals surface area contributed by atoms with E-state index in [4.69, 9.17) is 0 Å². The fraction of sp³-hybridized carbons (Fsp3) is 0.0417. The first-order valence-corrected chi connectivity index (χ1v) is 10.2. The maximum atomic E-state index is 12.7. The van der Waals surface area contributed by atoms with Gasteiger partial charge in [0.2, 0.25) is 0 Å². The van der Waals surface area contributed by atoms with Crippen molar-refractivity contribution >= 4 is 44.1 Å². The molecule has 0 aliphatic rings. The molecule has 4 nitrogen and oxygen atoms in total. The summed E-state index contributed by atoms with van der Waals surface area (Å²) in [6.45, 7) is 1.94. The average molecular weight is 395 g/mol. The van der Waals surface area contributed by atoms with E-state index in [-0.39, 0.29) is 5.91 Å². The summed E-state index contributed by atoms with van der Waals surface area (Å²) in [5.74, 6) is -0.186. The molecular formula is C24H17N3OS. The molecule has 5 heteroatoms. The molecule has 0 aliphatic heterocycles. The second kappa shape index (κ2) is 7.11. The number of aromatic nitrogens is 2. The van der Waals surface area contributed by atoms with E-state index in [0.29, 0.717) is 10.7 Å². The zero-order chi connectivity index (χ0) is 19.8. The van der Waals surface area contributed by atoms with Gasteiger partial charge in [-0.05, 0) is 42.0 Å². The standard InChI is InChI=1S/C24H17N3OS/c1-15-6-7-17-9-11-20(13-21(17)25-15)23(28)27-24-26-22(14-29-24)19-10-8-16-4-2-3-5-18(16)12-19/h2-14H,1H3,(H,26,27,28). The molecule has 0 bridgehead atoms. The molecular weight excluding hydrogens is 378 g/mol. The second-order valence-corrected chi connectivity index (χ2v) is 7.77. The highest BCUT2D eigenvalue weighted by molar-refractivity contribution is 7.14. The molecule has 0 spiro atoms. The Bertz CT molecular complexity index is 1370. The summed E-state index contributed by atoms with van der Waals surface area (Å²) in [5.41, 5.74) is 4.19. The molecule has 2 aromatic heterocycles. The van der Waals surface area contributed by atoms with Gasteiger partial charge < -0.3 is 0 Å². The van der Waals surface area contributed by atoms with Gasteiger partial charge in [0.1, 0.15) is 0 Å². The molecule has 0 aliphatic carbocycles. The van der Waals surface area contributed by atoms with Gasteiger partial charge in [-0.3, -0.25) is 15.1 Å². The monoisotopic (exact) mass is 395 g/mol. The van der Waals surface area contributed by atoms with Gasteiger partial charge in [-0.1, -0.05) is 48.5 Å². The van der Waals surface area contributed by atoms with Crippen molar-refractivity contribution in [3.8, 4) is 11.3 Å². The number of nitrogens with one attached hydrogen (secondary N) is 1. The predicted octanol–water partition coefficient (Wildman–Crippen LogP) is 6.07. The van der Waals surface area contributed by atoms with E-state index in [1.165, 1.54) is 22.1 Å². The first kappa shape index (κ1) is 17.5. The number of rotatable bonds is 3. The number of nitrogens with zero attached hydrogens (tertiary/aromatic N) is 2. The largest absolute Gasteiger partial charge is 0.298 e. The molecule has 0 saturated carbocycles. The van der Waals surface area contributed by atoms with Crippen LogP contribution in [0.15, 0.2) is 78.2 Å². The van der Waals surface area contributed by atoms with Crippen LogP contribution in [0.25, 0.3) is 32.9 Å². The Morgan fingerprint density at radius 1 is 0.862 bits per heavy atom. The van der Waals surface area contributed by atoms with E-state index < -0.39 is 0 Å². The van der Waals surface area contributed by atoms with E-state index in [9.17, 15) is 4.79 Å². The molecule has 1 amide bonds. The summed E-state index contributed by atoms with van der Waals surface area (Å²) in [6.07, 6.45) is 0. The molecule has 5 aromatic rings. The highest BCUT2D eigenvalue weighted by Crippen LogP contribution is 2.28. The fourth-order valence-electron chi connectivity index (χ4n) is 3.34. The number of hydrogen-bond acceptors (Lipinski definition) is 4. The topological polar surface area (TPSA) is 54.9 Å². The number of fused-ring (bicyclic) bond motifs is 2. The highest BCUT2D eigenvalue weighted by Gasteiger charge is 2.11. The lowest BCUT2D eigenvalue weighted by Crippen LogP contribution is -2.11. The van der Waals surface area contributed by atoms with Gasteiger partial charge >= 0.3 is 0 Å². The summed E-state index contributed by atoms with van der Waals surface area (Å²) < 4.78 is 0. The van der Waals surface area contributed by atoms with Crippen LogP contribution in [0.5, 0.6) is 0 Å². The maximum Gasteiger partial charge on any atom is 0.257 e. The molecule has 140 valence electrons. The van der Waals surface area contributed by atoms with Crippen molar-refractivity contribution in [1.29, 1.82) is 0 Å². The minimum Gasteiger partial charge on any atom is -0.298 e. The molecule has 0 fully saturated rings. The number of anilines is 1. The minimum atomic E-state index is -0.186. The Hall–Kier alpha value is -3.57. The average Bonchev–Trinajstić information content (AvgIpc) is 3.21. The number of aryl methyl sites for hydroxylation is 1. The van der Waals surface area contributed by atoms with Crippen molar-refractivity contribution in [2.24, 2.45) is 0 Å². The minimum absolute atomic E-state index is 0.186. The molecule has 0 radical (unpaired) electrons. The lowest BCUT2D eigenvalue weighted by atomic mass is 10.1. The van der Waals surface area contributed by atoms with Crippen molar-refractivity contribution in [2.75, 3.05) is 5.32 Å². The number of carbonyl (C=O) groups excluding carboxylic acids is 1. The molecule has 0 saturated heterocycles. The van der Waals surface area contributed by atoms with E-state index in [1.54, 1.807) is 0 Å². The van der Waals surface area contributed by atoms with Gasteiger partial charge in [-0.15, -0.1) is 11.3 Å². The molecule has 0 atom stereocenters. The third-order valence-corrected chi connectivity index (χ3v) is 5.62. The summed E-state index contributed by atoms with van der Waals surface area (Å²) in [7, 11) is 0. The van der Waals surface area contributed by atoms with Crippen LogP contribution in [0.1, 0.15) is 16.1 Å². The quantitative estimate of drug-likeness (QED) is 0.403. The maximum absolute atomic E-state index is 12.7. The van der Waals surface area contributed by atoms with Crippen molar-refractivity contribution in [3.05, 3.63) is 89.4 Å². The number of pyridine rings is 1. The molecule has 1 N–H and O–H groups in total. The van der Waals surface area contributed by atoms with E-state index in [0.717, 1.165) is 27.9 Å². The number of carbonyl (C=O) groups is 1. The molecule has 0 unspecified atom stereocenters. The predicted molar refractivity (Wildman–Crippen MR) is 119 cm³/mol. The van der Waals surface area contributed by atoms with Gasteiger partial charge in [0, 0.05) is 27.6 Å². The van der Waals surface area contributed by atoms with Crippen LogP contribution in [0.2, 0.25) is 0 Å².